The molecule has 0 bridgehead atoms. The molecule has 148 valence electrons. The van der Waals surface area contributed by atoms with Crippen LogP contribution in [0.25, 0.3) is 21.5 Å². The van der Waals surface area contributed by atoms with Gasteiger partial charge >= 0.3 is 11.9 Å². The summed E-state index contributed by atoms with van der Waals surface area (Å²) in [5.41, 5.74) is 4.01. The Morgan fingerprint density at radius 3 is 2.40 bits per heavy atom. The molecule has 30 heavy (non-hydrogen) atoms. The van der Waals surface area contributed by atoms with Gasteiger partial charge in [-0.1, -0.05) is 43.0 Å². The molecule has 0 fully saturated rings. The number of carbonyl (C=O) groups excluding carboxylic acids is 2. The summed E-state index contributed by atoms with van der Waals surface area (Å²) in [5.74, 6) is -0.998. The van der Waals surface area contributed by atoms with Gasteiger partial charge in [0, 0.05) is 23.1 Å². The van der Waals surface area contributed by atoms with Gasteiger partial charge in [-0.05, 0) is 29.7 Å². The molecular weight excluding hydrogens is 380 g/mol. The molecule has 0 aliphatic heterocycles. The molecule has 2 aromatic rings. The molecule has 0 saturated carbocycles. The molecule has 1 aliphatic rings. The van der Waals surface area contributed by atoms with E-state index in [1.807, 2.05) is 30.3 Å². The number of nitrogens with zero attached hydrogens (tertiary/aromatic N) is 2. The minimum Gasteiger partial charge on any atom is -0.462 e. The quantitative estimate of drug-likeness (QED) is 0.200. The molecule has 0 atom stereocenters. The van der Waals surface area contributed by atoms with Crippen molar-refractivity contribution in [2.24, 2.45) is 0 Å². The second kappa shape index (κ2) is 8.89. The third-order valence-electron chi connectivity index (χ3n) is 4.58. The summed E-state index contributed by atoms with van der Waals surface area (Å²) >= 11 is 0. The Kier molecular flexibility index (Phi) is 6.10. The zero-order valence-electron chi connectivity index (χ0n) is 16.4. The molecule has 0 heterocycles. The molecule has 0 N–H and O–H groups in total. The molecule has 0 saturated heterocycles. The summed E-state index contributed by atoms with van der Waals surface area (Å²) in [4.78, 5) is 27.5. The van der Waals surface area contributed by atoms with E-state index in [4.69, 9.17) is 16.0 Å². The van der Waals surface area contributed by atoms with E-state index in [9.17, 15) is 14.9 Å². The summed E-state index contributed by atoms with van der Waals surface area (Å²) in [6.45, 7) is 12.6. The number of benzene rings is 2. The number of ether oxygens (including phenoxy) is 2. The van der Waals surface area contributed by atoms with Crippen LogP contribution in [0, 0.1) is 17.9 Å². The van der Waals surface area contributed by atoms with Crippen molar-refractivity contribution in [2.75, 3.05) is 13.2 Å². The number of rotatable bonds is 6. The fourth-order valence-electron chi connectivity index (χ4n) is 3.27. The summed E-state index contributed by atoms with van der Waals surface area (Å²) in [5, 5.41) is 9.40. The molecular formula is C24H18N2O4. The Balaban J connectivity index is 1.86. The first kappa shape index (κ1) is 20.6. The lowest BCUT2D eigenvalue weighted by Crippen LogP contribution is -2.12. The van der Waals surface area contributed by atoms with Gasteiger partial charge in [-0.2, -0.15) is 0 Å². The van der Waals surface area contributed by atoms with Crippen LogP contribution in [0.5, 0.6) is 0 Å². The molecule has 0 spiro atoms. The van der Waals surface area contributed by atoms with Crippen LogP contribution >= 0.6 is 0 Å². The first-order valence-electron chi connectivity index (χ1n) is 9.24. The van der Waals surface area contributed by atoms with Crippen LogP contribution in [0.4, 0.5) is 0 Å². The van der Waals surface area contributed by atoms with Crippen LogP contribution in [-0.2, 0) is 14.3 Å². The fourth-order valence-corrected chi connectivity index (χ4v) is 3.27. The molecule has 0 radical (unpaired) electrons. The normalized spacial score (nSPS) is 12.6. The summed E-state index contributed by atoms with van der Waals surface area (Å²) < 4.78 is 10.3. The van der Waals surface area contributed by atoms with Crippen LogP contribution in [0.1, 0.15) is 34.8 Å². The SMILES string of the molecule is [C-]#[N+]/C(C#N)=C1\c2ccccc2-c2c(C(=O)OCCCOC(=O)C(=C)C)cccc21. The lowest BCUT2D eigenvalue weighted by atomic mass is 9.99. The Morgan fingerprint density at radius 1 is 1.07 bits per heavy atom. The van der Waals surface area contributed by atoms with Gasteiger partial charge in [0.15, 0.2) is 0 Å². The highest BCUT2D eigenvalue weighted by Gasteiger charge is 2.30. The predicted octanol–water partition coefficient (Wildman–Crippen LogP) is 4.54. The Morgan fingerprint density at radius 2 is 1.73 bits per heavy atom. The van der Waals surface area contributed by atoms with Crippen molar-refractivity contribution in [3.8, 4) is 17.2 Å². The summed E-state index contributed by atoms with van der Waals surface area (Å²) in [6.07, 6.45) is 0.359. The molecule has 2 aromatic carbocycles. The lowest BCUT2D eigenvalue weighted by molar-refractivity contribution is -0.139. The molecule has 0 unspecified atom stereocenters. The van der Waals surface area contributed by atoms with Gasteiger partial charge in [-0.3, -0.25) is 0 Å². The third kappa shape index (κ3) is 3.85. The van der Waals surface area contributed by atoms with E-state index < -0.39 is 11.9 Å². The number of hydrogen-bond donors (Lipinski definition) is 0. The minimum absolute atomic E-state index is 0.0222. The number of esters is 2. The maximum atomic E-state index is 12.7. The number of nitriles is 1. The minimum atomic E-state index is -0.518. The van der Waals surface area contributed by atoms with Crippen LogP contribution in [0.3, 0.4) is 0 Å². The van der Waals surface area contributed by atoms with Crippen molar-refractivity contribution in [2.45, 2.75) is 13.3 Å². The maximum absolute atomic E-state index is 12.7. The van der Waals surface area contributed by atoms with Crippen molar-refractivity contribution < 1.29 is 19.1 Å². The Hall–Kier alpha value is -4.16. The molecule has 0 aromatic heterocycles. The molecule has 0 amide bonds. The summed E-state index contributed by atoms with van der Waals surface area (Å²) in [7, 11) is 0. The Bertz CT molecular complexity index is 1150. The van der Waals surface area contributed by atoms with E-state index >= 15 is 0 Å². The van der Waals surface area contributed by atoms with Gasteiger partial charge in [-0.15, -0.1) is 0 Å². The summed E-state index contributed by atoms with van der Waals surface area (Å²) in [6, 6.07) is 14.5. The van der Waals surface area contributed by atoms with Crippen LogP contribution < -0.4 is 0 Å². The lowest BCUT2D eigenvalue weighted by Gasteiger charge is -2.10. The third-order valence-corrected chi connectivity index (χ3v) is 4.58. The average Bonchev–Trinajstić information content (AvgIpc) is 3.09. The first-order valence-corrected chi connectivity index (χ1v) is 9.24. The monoisotopic (exact) mass is 398 g/mol. The smallest absolute Gasteiger partial charge is 0.338 e. The second-order valence-corrected chi connectivity index (χ2v) is 6.63. The van der Waals surface area contributed by atoms with Crippen molar-refractivity contribution in [3.63, 3.8) is 0 Å². The highest BCUT2D eigenvalue weighted by molar-refractivity contribution is 6.10. The topological polar surface area (TPSA) is 80.8 Å². The highest BCUT2D eigenvalue weighted by Crippen LogP contribution is 2.47. The van der Waals surface area contributed by atoms with Crippen molar-refractivity contribution in [1.29, 1.82) is 5.26 Å². The van der Waals surface area contributed by atoms with E-state index in [1.54, 1.807) is 25.1 Å². The van der Waals surface area contributed by atoms with Gasteiger partial charge in [-0.25, -0.2) is 19.7 Å². The van der Waals surface area contributed by atoms with E-state index in [0.717, 1.165) is 11.1 Å². The van der Waals surface area contributed by atoms with Crippen molar-refractivity contribution in [3.05, 3.63) is 88.4 Å². The molecule has 6 nitrogen and oxygen atoms in total. The Labute approximate surface area is 174 Å². The number of fused-ring (bicyclic) bond motifs is 3. The van der Waals surface area contributed by atoms with Gasteiger partial charge < -0.3 is 9.47 Å². The van der Waals surface area contributed by atoms with Crippen molar-refractivity contribution >= 4 is 17.5 Å². The zero-order valence-corrected chi connectivity index (χ0v) is 16.4. The number of carbonyl (C=O) groups is 2. The van der Waals surface area contributed by atoms with Gasteiger partial charge in [0.25, 0.3) is 5.70 Å². The van der Waals surface area contributed by atoms with E-state index in [1.165, 1.54) is 0 Å². The maximum Gasteiger partial charge on any atom is 0.338 e. The number of hydrogen-bond acceptors (Lipinski definition) is 5. The number of allylic oxidation sites excluding steroid dienone is 1. The molecule has 1 aliphatic carbocycles. The standard InChI is InChI=1S/C24H18N2O4/c1-15(2)23(27)29-12-7-13-30-24(28)19-11-6-10-18-21(19)16-8-4-5-9-17(16)22(18)20(14-25)26-3/h4-6,8-11H,1,7,12-13H2,2H3/b22-20+. The highest BCUT2D eigenvalue weighted by atomic mass is 16.5. The fraction of sp³-hybridized carbons (Fsp3) is 0.167. The van der Waals surface area contributed by atoms with Gasteiger partial charge in [0.2, 0.25) is 0 Å². The zero-order chi connectivity index (χ0) is 21.7. The van der Waals surface area contributed by atoms with E-state index in [0.29, 0.717) is 34.3 Å². The first-order chi connectivity index (χ1) is 14.5. The average molecular weight is 398 g/mol. The van der Waals surface area contributed by atoms with Crippen molar-refractivity contribution in [1.82, 2.24) is 0 Å². The van der Waals surface area contributed by atoms with E-state index in [-0.39, 0.29) is 18.9 Å². The predicted molar refractivity (Wildman–Crippen MR) is 111 cm³/mol. The molecule has 6 heteroatoms. The second-order valence-electron chi connectivity index (χ2n) is 6.63. The van der Waals surface area contributed by atoms with Gasteiger partial charge in [0.1, 0.15) is 0 Å². The largest absolute Gasteiger partial charge is 0.462 e. The van der Waals surface area contributed by atoms with Gasteiger partial charge in [0.05, 0.1) is 31.4 Å². The van der Waals surface area contributed by atoms with E-state index in [2.05, 4.69) is 11.4 Å². The van der Waals surface area contributed by atoms with Crippen LogP contribution in [0.15, 0.2) is 60.3 Å². The van der Waals surface area contributed by atoms with Crippen LogP contribution in [-0.4, -0.2) is 25.2 Å². The van der Waals surface area contributed by atoms with Crippen LogP contribution in [0.2, 0.25) is 0 Å². The molecule has 3 rings (SSSR count).